The summed E-state index contributed by atoms with van der Waals surface area (Å²) in [5.41, 5.74) is 1.11. The van der Waals surface area contributed by atoms with Crippen molar-refractivity contribution in [2.24, 2.45) is 0 Å². The van der Waals surface area contributed by atoms with Crippen molar-refractivity contribution in [2.45, 2.75) is 25.9 Å². The van der Waals surface area contributed by atoms with Gasteiger partial charge in [0.1, 0.15) is 0 Å². The molecule has 2 atom stereocenters. The average molecular weight is 251 g/mol. The minimum atomic E-state index is -0.245. The zero-order valence-corrected chi connectivity index (χ0v) is 11.1. The van der Waals surface area contributed by atoms with Crippen LogP contribution in [-0.2, 0) is 9.53 Å². The highest BCUT2D eigenvalue weighted by Gasteiger charge is 2.15. The van der Waals surface area contributed by atoms with Gasteiger partial charge in [0.2, 0.25) is 5.91 Å². The van der Waals surface area contributed by atoms with E-state index in [1.54, 1.807) is 19.5 Å². The number of nitrogens with zero attached hydrogens (tertiary/aromatic N) is 1. The van der Waals surface area contributed by atoms with Gasteiger partial charge in [0.25, 0.3) is 0 Å². The Hall–Kier alpha value is -1.46. The Balaban J connectivity index is 2.39. The van der Waals surface area contributed by atoms with Gasteiger partial charge in [-0.25, -0.2) is 0 Å². The highest BCUT2D eigenvalue weighted by molar-refractivity contribution is 5.81. The first-order chi connectivity index (χ1) is 8.65. The van der Waals surface area contributed by atoms with Gasteiger partial charge in [-0.2, -0.15) is 0 Å². The molecule has 2 N–H and O–H groups in total. The van der Waals surface area contributed by atoms with Crippen LogP contribution in [0.3, 0.4) is 0 Å². The molecule has 100 valence electrons. The molecule has 0 bridgehead atoms. The van der Waals surface area contributed by atoms with E-state index in [4.69, 9.17) is 4.74 Å². The summed E-state index contributed by atoms with van der Waals surface area (Å²) in [7, 11) is 1.61. The average Bonchev–Trinajstić information content (AvgIpc) is 2.39. The summed E-state index contributed by atoms with van der Waals surface area (Å²) >= 11 is 0. The number of hydrogen-bond acceptors (Lipinski definition) is 4. The summed E-state index contributed by atoms with van der Waals surface area (Å²) in [5.74, 6) is -0.0204. The first kappa shape index (κ1) is 14.6. The summed E-state index contributed by atoms with van der Waals surface area (Å²) in [5, 5.41) is 6.04. The van der Waals surface area contributed by atoms with Gasteiger partial charge in [-0.3, -0.25) is 15.1 Å². The first-order valence-corrected chi connectivity index (χ1v) is 6.07. The lowest BCUT2D eigenvalue weighted by Crippen LogP contribution is -2.44. The van der Waals surface area contributed by atoms with Crippen LogP contribution in [-0.4, -0.2) is 37.2 Å². The third-order valence-electron chi connectivity index (χ3n) is 2.70. The molecule has 0 saturated carbocycles. The van der Waals surface area contributed by atoms with E-state index in [9.17, 15) is 4.79 Å². The second-order valence-corrected chi connectivity index (χ2v) is 4.17. The maximum atomic E-state index is 11.7. The van der Waals surface area contributed by atoms with Crippen molar-refractivity contribution in [3.8, 4) is 0 Å². The molecule has 0 spiro atoms. The van der Waals surface area contributed by atoms with Crippen LogP contribution in [0.15, 0.2) is 24.5 Å². The molecule has 0 saturated heterocycles. The van der Waals surface area contributed by atoms with E-state index in [0.29, 0.717) is 13.2 Å². The number of hydrogen-bond donors (Lipinski definition) is 2. The molecule has 1 unspecified atom stereocenters. The van der Waals surface area contributed by atoms with Crippen LogP contribution < -0.4 is 10.6 Å². The molecule has 1 heterocycles. The van der Waals surface area contributed by atoms with E-state index < -0.39 is 0 Å². The van der Waals surface area contributed by atoms with Crippen LogP contribution in [0.2, 0.25) is 0 Å². The fourth-order valence-electron chi connectivity index (χ4n) is 1.63. The smallest absolute Gasteiger partial charge is 0.236 e. The number of carbonyl (C=O) groups excluding carboxylic acids is 1. The van der Waals surface area contributed by atoms with Crippen molar-refractivity contribution in [1.82, 2.24) is 15.6 Å². The van der Waals surface area contributed by atoms with Crippen molar-refractivity contribution in [3.05, 3.63) is 30.1 Å². The number of nitrogens with one attached hydrogen (secondary N) is 2. The van der Waals surface area contributed by atoms with Crippen LogP contribution in [0.4, 0.5) is 0 Å². The van der Waals surface area contributed by atoms with Gasteiger partial charge in [-0.05, 0) is 31.5 Å². The summed E-state index contributed by atoms with van der Waals surface area (Å²) < 4.78 is 4.88. The number of carbonyl (C=O) groups is 1. The summed E-state index contributed by atoms with van der Waals surface area (Å²) in [6.45, 7) is 4.93. The third-order valence-corrected chi connectivity index (χ3v) is 2.70. The zero-order chi connectivity index (χ0) is 13.4. The number of ether oxygens (including phenoxy) is 1. The molecule has 0 aliphatic heterocycles. The van der Waals surface area contributed by atoms with Crippen molar-refractivity contribution in [3.63, 3.8) is 0 Å². The van der Waals surface area contributed by atoms with Crippen molar-refractivity contribution < 1.29 is 9.53 Å². The topological polar surface area (TPSA) is 63.2 Å². The van der Waals surface area contributed by atoms with Crippen LogP contribution in [0.1, 0.15) is 25.5 Å². The molecule has 1 aromatic heterocycles. The summed E-state index contributed by atoms with van der Waals surface area (Å²) in [6.07, 6.45) is 3.49. The number of pyridine rings is 1. The van der Waals surface area contributed by atoms with E-state index in [1.165, 1.54) is 0 Å². The minimum Gasteiger partial charge on any atom is -0.383 e. The molecular formula is C13H21N3O2. The highest BCUT2D eigenvalue weighted by Crippen LogP contribution is 2.10. The van der Waals surface area contributed by atoms with Crippen molar-refractivity contribution >= 4 is 5.91 Å². The molecule has 5 heteroatoms. The number of rotatable bonds is 7. The highest BCUT2D eigenvalue weighted by atomic mass is 16.5. The van der Waals surface area contributed by atoms with E-state index in [2.05, 4.69) is 15.6 Å². The van der Waals surface area contributed by atoms with Crippen molar-refractivity contribution in [2.75, 3.05) is 20.3 Å². The molecule has 0 aliphatic carbocycles. The maximum Gasteiger partial charge on any atom is 0.236 e. The molecule has 5 nitrogen and oxygen atoms in total. The van der Waals surface area contributed by atoms with Gasteiger partial charge in [0.05, 0.1) is 12.6 Å². The first-order valence-electron chi connectivity index (χ1n) is 6.07. The predicted octanol–water partition coefficient (Wildman–Crippen LogP) is 0.883. The molecule has 0 aliphatic rings. The monoisotopic (exact) mass is 251 g/mol. The van der Waals surface area contributed by atoms with E-state index in [0.717, 1.165) is 5.56 Å². The molecule has 1 aromatic rings. The predicted molar refractivity (Wildman–Crippen MR) is 70.1 cm³/mol. The third kappa shape index (κ3) is 4.81. The quantitative estimate of drug-likeness (QED) is 0.706. The van der Waals surface area contributed by atoms with Gasteiger partial charge in [0.15, 0.2) is 0 Å². The van der Waals surface area contributed by atoms with Gasteiger partial charge in [-0.15, -0.1) is 0 Å². The van der Waals surface area contributed by atoms with Crippen molar-refractivity contribution in [1.29, 1.82) is 0 Å². The van der Waals surface area contributed by atoms with Crippen LogP contribution in [0, 0.1) is 0 Å². The minimum absolute atomic E-state index is 0.0204. The summed E-state index contributed by atoms with van der Waals surface area (Å²) in [4.78, 5) is 15.7. The zero-order valence-electron chi connectivity index (χ0n) is 11.1. The fraction of sp³-hybridized carbons (Fsp3) is 0.538. The molecule has 0 fully saturated rings. The molecule has 1 amide bonds. The molecular weight excluding hydrogens is 230 g/mol. The molecule has 1 rings (SSSR count). The molecule has 0 aromatic carbocycles. The second-order valence-electron chi connectivity index (χ2n) is 4.17. The van der Waals surface area contributed by atoms with Gasteiger partial charge in [-0.1, -0.05) is 0 Å². The summed E-state index contributed by atoms with van der Waals surface area (Å²) in [6, 6.07) is 3.74. The Kier molecular flexibility index (Phi) is 6.32. The SMILES string of the molecule is COCCNC(=O)C(C)N[C@H](C)c1ccncc1. The number of methoxy groups -OCH3 is 1. The standard InChI is InChI=1S/C13H21N3O2/c1-10(12-4-6-14-7-5-12)16-11(2)13(17)15-8-9-18-3/h4-7,10-11,16H,8-9H2,1-3H3,(H,15,17)/t10-,11?/m1/s1. The Morgan fingerprint density at radius 1 is 1.39 bits per heavy atom. The van der Waals surface area contributed by atoms with E-state index >= 15 is 0 Å². The number of aromatic nitrogens is 1. The maximum absolute atomic E-state index is 11.7. The Morgan fingerprint density at radius 3 is 2.67 bits per heavy atom. The van der Waals surface area contributed by atoms with E-state index in [1.807, 2.05) is 26.0 Å². The van der Waals surface area contributed by atoms with Crippen LogP contribution >= 0.6 is 0 Å². The fourth-order valence-corrected chi connectivity index (χ4v) is 1.63. The van der Waals surface area contributed by atoms with Crippen LogP contribution in [0.5, 0.6) is 0 Å². The number of amides is 1. The van der Waals surface area contributed by atoms with E-state index in [-0.39, 0.29) is 18.0 Å². The Labute approximate surface area is 108 Å². The van der Waals surface area contributed by atoms with Gasteiger partial charge in [0, 0.05) is 32.1 Å². The van der Waals surface area contributed by atoms with Crippen LogP contribution in [0.25, 0.3) is 0 Å². The second kappa shape index (κ2) is 7.79. The Bertz CT molecular complexity index is 357. The molecule has 0 radical (unpaired) electrons. The lowest BCUT2D eigenvalue weighted by Gasteiger charge is -2.19. The van der Waals surface area contributed by atoms with Gasteiger partial charge < -0.3 is 10.1 Å². The lowest BCUT2D eigenvalue weighted by atomic mass is 10.1. The normalized spacial score (nSPS) is 13.9. The Morgan fingerprint density at radius 2 is 2.06 bits per heavy atom. The molecule has 18 heavy (non-hydrogen) atoms. The lowest BCUT2D eigenvalue weighted by molar-refractivity contribution is -0.123. The largest absolute Gasteiger partial charge is 0.383 e. The van der Waals surface area contributed by atoms with Gasteiger partial charge >= 0.3 is 0 Å².